The molecule has 6 N–H and O–H groups in total. The molecule has 2 aromatic rings. The molecule has 0 saturated heterocycles. The summed E-state index contributed by atoms with van der Waals surface area (Å²) in [6, 6.07) is 0.353. The maximum atomic E-state index is 13.2. The molecule has 6 nitrogen and oxygen atoms in total. The number of phenolic OH excluding ortho intramolecular Hbond substituents is 2. The molecule has 0 saturated carbocycles. The highest BCUT2D eigenvalue weighted by Crippen LogP contribution is 2.44. The third kappa shape index (κ3) is 3.67. The fourth-order valence-corrected chi connectivity index (χ4v) is 3.90. The quantitative estimate of drug-likeness (QED) is 0.339. The maximum Gasteiger partial charge on any atom is 0.417 e. The fourth-order valence-electron chi connectivity index (χ4n) is 2.17. The van der Waals surface area contributed by atoms with Crippen molar-refractivity contribution in [2.45, 2.75) is 22.1 Å². The Hall–Kier alpha value is -2.83. The van der Waals surface area contributed by atoms with Crippen LogP contribution in [0.4, 0.5) is 37.7 Å². The van der Waals surface area contributed by atoms with Crippen molar-refractivity contribution in [3.05, 3.63) is 35.4 Å². The highest BCUT2D eigenvalue weighted by atomic mass is 32.2. The molecule has 2 rings (SSSR count). The number of aromatic hydroxyl groups is 2. The smallest absolute Gasteiger partial charge is 0.417 e. The largest absolute Gasteiger partial charge is 0.506 e. The van der Waals surface area contributed by atoms with Crippen LogP contribution in [0.5, 0.6) is 11.5 Å². The van der Waals surface area contributed by atoms with E-state index in [-0.39, 0.29) is 24.3 Å². The number of benzene rings is 2. The number of anilines is 2. The van der Waals surface area contributed by atoms with Gasteiger partial charge in [-0.3, -0.25) is 0 Å². The summed E-state index contributed by atoms with van der Waals surface area (Å²) < 4.78 is 104. The standard InChI is InChI=1S/C14H10F6N2O4S/c15-13(16,17)5-1-9(23)7(21)3-11(5)27(25,26)12-4-8(22)10(24)2-6(12)14(18,19)20/h1-4,23-24H,21-22H2. The van der Waals surface area contributed by atoms with Crippen molar-refractivity contribution in [1.29, 1.82) is 0 Å². The van der Waals surface area contributed by atoms with E-state index in [1.807, 2.05) is 0 Å². The predicted octanol–water partition coefficient (Wildman–Crippen LogP) is 3.13. The highest BCUT2D eigenvalue weighted by molar-refractivity contribution is 7.91. The topological polar surface area (TPSA) is 127 Å². The first kappa shape index (κ1) is 20.5. The number of halogens is 6. The molecule has 0 bridgehead atoms. The molecule has 0 radical (unpaired) electrons. The minimum absolute atomic E-state index is 0.0146. The van der Waals surface area contributed by atoms with Crippen LogP contribution < -0.4 is 11.5 Å². The molecule has 148 valence electrons. The van der Waals surface area contributed by atoms with Crippen LogP contribution in [0.25, 0.3) is 0 Å². The lowest BCUT2D eigenvalue weighted by Gasteiger charge is -2.18. The lowest BCUT2D eigenvalue weighted by atomic mass is 10.2. The van der Waals surface area contributed by atoms with E-state index in [4.69, 9.17) is 11.5 Å². The molecule has 0 aliphatic carbocycles. The van der Waals surface area contributed by atoms with Gasteiger partial charge in [0.15, 0.2) is 0 Å². The van der Waals surface area contributed by atoms with Gasteiger partial charge in [0.25, 0.3) is 0 Å². The summed E-state index contributed by atoms with van der Waals surface area (Å²) in [6.45, 7) is 0. The van der Waals surface area contributed by atoms with Crippen LogP contribution in [0.2, 0.25) is 0 Å². The molecule has 2 aromatic carbocycles. The van der Waals surface area contributed by atoms with Gasteiger partial charge in [-0.1, -0.05) is 0 Å². The Morgan fingerprint density at radius 2 is 1.00 bits per heavy atom. The Morgan fingerprint density at radius 1 is 0.704 bits per heavy atom. The molecule has 0 amide bonds. The van der Waals surface area contributed by atoms with Gasteiger partial charge in [-0.15, -0.1) is 0 Å². The number of rotatable bonds is 2. The van der Waals surface area contributed by atoms with E-state index in [1.165, 1.54) is 0 Å². The Labute approximate surface area is 147 Å². The van der Waals surface area contributed by atoms with E-state index in [2.05, 4.69) is 0 Å². The lowest BCUT2D eigenvalue weighted by molar-refractivity contribution is -0.140. The summed E-state index contributed by atoms with van der Waals surface area (Å²) in [6.07, 6.45) is -10.7. The van der Waals surface area contributed by atoms with Gasteiger partial charge < -0.3 is 21.7 Å². The molecule has 0 aromatic heterocycles. The summed E-state index contributed by atoms with van der Waals surface area (Å²) >= 11 is 0. The monoisotopic (exact) mass is 416 g/mol. The number of nitrogens with two attached hydrogens (primary N) is 2. The molecule has 0 unspecified atom stereocenters. The van der Waals surface area contributed by atoms with Crippen molar-refractivity contribution in [1.82, 2.24) is 0 Å². The van der Waals surface area contributed by atoms with Crippen molar-refractivity contribution in [2.75, 3.05) is 11.5 Å². The highest BCUT2D eigenvalue weighted by Gasteiger charge is 2.43. The van der Waals surface area contributed by atoms with Crippen LogP contribution in [0.1, 0.15) is 11.1 Å². The second-order valence-corrected chi connectivity index (χ2v) is 7.20. The van der Waals surface area contributed by atoms with Crippen molar-refractivity contribution in [3.8, 4) is 11.5 Å². The molecule has 13 heteroatoms. The van der Waals surface area contributed by atoms with Gasteiger partial charge in [-0.25, -0.2) is 8.42 Å². The Kier molecular flexibility index (Phi) is 4.64. The third-order valence-electron chi connectivity index (χ3n) is 3.45. The van der Waals surface area contributed by atoms with E-state index < -0.39 is 66.0 Å². The molecular formula is C14H10F6N2O4S. The fraction of sp³-hybridized carbons (Fsp3) is 0.143. The average Bonchev–Trinajstić information content (AvgIpc) is 2.49. The van der Waals surface area contributed by atoms with Gasteiger partial charge in [0.1, 0.15) is 11.5 Å². The molecule has 0 aliphatic heterocycles. The Bertz CT molecular complexity index is 940. The lowest BCUT2D eigenvalue weighted by Crippen LogP contribution is -2.18. The molecule has 0 heterocycles. The number of nitrogen functional groups attached to an aromatic ring is 2. The molecule has 27 heavy (non-hydrogen) atoms. The number of hydrogen-bond donors (Lipinski definition) is 4. The van der Waals surface area contributed by atoms with Gasteiger partial charge in [-0.2, -0.15) is 26.3 Å². The number of alkyl halides is 6. The first-order valence-corrected chi connectivity index (χ1v) is 8.19. The van der Waals surface area contributed by atoms with Crippen LogP contribution in [-0.4, -0.2) is 18.6 Å². The van der Waals surface area contributed by atoms with Crippen molar-refractivity contribution >= 4 is 21.2 Å². The molecular weight excluding hydrogens is 406 g/mol. The zero-order valence-corrected chi connectivity index (χ0v) is 13.7. The summed E-state index contributed by atoms with van der Waals surface area (Å²) in [5.41, 5.74) is 4.98. The van der Waals surface area contributed by atoms with Gasteiger partial charge >= 0.3 is 12.4 Å². The second kappa shape index (κ2) is 6.11. The minimum Gasteiger partial charge on any atom is -0.506 e. The van der Waals surface area contributed by atoms with Gasteiger partial charge in [-0.05, 0) is 24.3 Å². The van der Waals surface area contributed by atoms with Crippen LogP contribution in [-0.2, 0) is 22.2 Å². The van der Waals surface area contributed by atoms with Gasteiger partial charge in [0, 0.05) is 0 Å². The summed E-state index contributed by atoms with van der Waals surface area (Å²) in [4.78, 5) is -3.22. The van der Waals surface area contributed by atoms with Crippen molar-refractivity contribution in [3.63, 3.8) is 0 Å². The molecule has 0 atom stereocenters. The molecule has 0 fully saturated rings. The number of phenols is 2. The summed E-state index contributed by atoms with van der Waals surface area (Å²) in [5, 5.41) is 18.7. The first-order chi connectivity index (χ1) is 12.1. The third-order valence-corrected chi connectivity index (χ3v) is 5.28. The maximum absolute atomic E-state index is 13.2. The van der Waals surface area contributed by atoms with E-state index in [0.29, 0.717) is 0 Å². The SMILES string of the molecule is Nc1cc(S(=O)(=O)c2cc(N)c(O)cc2C(F)(F)F)c(C(F)(F)F)cc1O. The summed E-state index contributed by atoms with van der Waals surface area (Å²) in [7, 11) is -5.47. The van der Waals surface area contributed by atoms with E-state index in [9.17, 15) is 45.0 Å². The minimum atomic E-state index is -5.47. The summed E-state index contributed by atoms with van der Waals surface area (Å²) in [5.74, 6) is -2.22. The van der Waals surface area contributed by atoms with Crippen LogP contribution in [0, 0.1) is 0 Å². The van der Waals surface area contributed by atoms with Gasteiger partial charge in [0.05, 0.1) is 32.3 Å². The molecule has 0 spiro atoms. The van der Waals surface area contributed by atoms with E-state index in [1.54, 1.807) is 0 Å². The van der Waals surface area contributed by atoms with E-state index in [0.717, 1.165) is 0 Å². The Balaban J connectivity index is 2.94. The second-order valence-electron chi connectivity index (χ2n) is 5.31. The first-order valence-electron chi connectivity index (χ1n) is 6.71. The zero-order chi connectivity index (χ0) is 20.9. The number of sulfone groups is 1. The Morgan fingerprint density at radius 3 is 1.26 bits per heavy atom. The van der Waals surface area contributed by atoms with Crippen molar-refractivity contribution in [2.24, 2.45) is 0 Å². The molecule has 0 aliphatic rings. The predicted molar refractivity (Wildman–Crippen MR) is 80.5 cm³/mol. The van der Waals surface area contributed by atoms with Gasteiger partial charge in [0.2, 0.25) is 9.84 Å². The van der Waals surface area contributed by atoms with Crippen molar-refractivity contribution < 1.29 is 45.0 Å². The zero-order valence-electron chi connectivity index (χ0n) is 12.9. The van der Waals surface area contributed by atoms with Crippen LogP contribution >= 0.6 is 0 Å². The number of hydrogen-bond acceptors (Lipinski definition) is 6. The normalized spacial score (nSPS) is 13.0. The van der Waals surface area contributed by atoms with E-state index >= 15 is 0 Å². The van der Waals surface area contributed by atoms with Crippen LogP contribution in [0.15, 0.2) is 34.1 Å². The van der Waals surface area contributed by atoms with Crippen LogP contribution in [0.3, 0.4) is 0 Å². The average molecular weight is 416 g/mol.